The normalized spacial score (nSPS) is 18.7. The van der Waals surface area contributed by atoms with Crippen LogP contribution in [0.2, 0.25) is 43.8 Å². The molecule has 0 radical (unpaired) electrons. The number of nitrogens with zero attached hydrogens (tertiary/aromatic N) is 4. The van der Waals surface area contributed by atoms with Crippen LogP contribution in [0.5, 0.6) is 11.5 Å². The number of amides is 1. The number of carbonyl (C=O) groups is 1. The van der Waals surface area contributed by atoms with Gasteiger partial charge < -0.3 is 44.3 Å². The Morgan fingerprint density at radius 1 is 0.883 bits per heavy atom. The van der Waals surface area contributed by atoms with Crippen molar-refractivity contribution in [3.63, 3.8) is 0 Å². The topological polar surface area (TPSA) is 174 Å². The van der Waals surface area contributed by atoms with Crippen molar-refractivity contribution in [2.75, 3.05) is 33.2 Å². The molecule has 1 saturated heterocycles. The number of fused-ring (bicyclic) bond motifs is 1. The van der Waals surface area contributed by atoms with E-state index in [2.05, 4.69) is 68.8 Å². The summed E-state index contributed by atoms with van der Waals surface area (Å²) < 4.78 is 39.3. The third-order valence-electron chi connectivity index (χ3n) is 11.4. The molecule has 4 N–H and O–H groups in total. The Labute approximate surface area is 354 Å². The average molecular weight is 857 g/mol. The molecule has 3 aromatic carbocycles. The molecule has 1 fully saturated rings. The SMILES string of the molecule is COc1ccc(C(OC[C@H]2O[C@@H](n3cnc4c(N)nc(CNC(=O)OCC[Si](C)(C)C)nc43)[C@H](O)[C@@H]2O[Si](C)(C)C(C)(C)C)(c2ccccc2)c2ccc(OC)cc2)cc1. The highest BCUT2D eigenvalue weighted by Gasteiger charge is 2.52. The fraction of sp³-hybridized carbons (Fsp3) is 0.455. The monoisotopic (exact) mass is 856 g/mol. The number of rotatable bonds is 16. The summed E-state index contributed by atoms with van der Waals surface area (Å²) in [4.78, 5) is 26.2. The zero-order valence-electron chi connectivity index (χ0n) is 36.4. The van der Waals surface area contributed by atoms with Gasteiger partial charge in [-0.15, -0.1) is 0 Å². The molecular weight excluding hydrogens is 797 g/mol. The highest BCUT2D eigenvalue weighted by atomic mass is 28.4. The first-order valence-corrected chi connectivity index (χ1v) is 26.9. The number of methoxy groups -OCH3 is 2. The third kappa shape index (κ3) is 9.69. The second kappa shape index (κ2) is 18.0. The smallest absolute Gasteiger partial charge is 0.407 e. The van der Waals surface area contributed by atoms with Gasteiger partial charge >= 0.3 is 6.09 Å². The maximum Gasteiger partial charge on any atom is 0.407 e. The molecule has 0 bridgehead atoms. The van der Waals surface area contributed by atoms with Gasteiger partial charge in [0.25, 0.3) is 0 Å². The second-order valence-corrected chi connectivity index (χ2v) is 28.2. The molecule has 0 aliphatic carbocycles. The van der Waals surface area contributed by atoms with Gasteiger partial charge in [0.15, 0.2) is 31.8 Å². The molecule has 1 aliphatic heterocycles. The fourth-order valence-corrected chi connectivity index (χ4v) is 8.97. The molecule has 0 spiro atoms. The van der Waals surface area contributed by atoms with Crippen LogP contribution < -0.4 is 20.5 Å². The molecule has 322 valence electrons. The first kappa shape index (κ1) is 44.7. The maximum absolute atomic E-state index is 12.5. The first-order valence-electron chi connectivity index (χ1n) is 20.3. The number of nitrogen functional groups attached to an aromatic ring is 1. The summed E-state index contributed by atoms with van der Waals surface area (Å²) in [7, 11) is -0.623. The minimum Gasteiger partial charge on any atom is -0.497 e. The minimum absolute atomic E-state index is 0.0124. The molecule has 6 rings (SSSR count). The number of carbonyl (C=O) groups excluding carboxylic acids is 1. The Bertz CT molecular complexity index is 2160. The number of hydrogen-bond acceptors (Lipinski definition) is 12. The Hall–Kier alpha value is -4.85. The predicted octanol–water partition coefficient (Wildman–Crippen LogP) is 7.65. The Kier molecular flexibility index (Phi) is 13.4. The number of ether oxygens (including phenoxy) is 5. The van der Waals surface area contributed by atoms with Crippen LogP contribution in [-0.2, 0) is 30.8 Å². The second-order valence-electron chi connectivity index (χ2n) is 17.9. The standard InChI is InChI=1S/C44H60N6O8Si2/c1-43(2,3)60(9,10)58-38-34(27-56-44(29-14-12-11-13-15-29,30-16-20-32(53-4)21-17-30)31-18-22-33(54-5)23-19-31)57-41(37(38)51)50-28-47-36-39(45)48-35(49-40(36)50)26-46-42(52)55-24-25-59(6,7)8/h11-23,28,34,37-38,41,51H,24-27H2,1-10H3,(H,46,52)(H2,45,48,49)/t34-,37-,38-,41-/m1/s1. The summed E-state index contributed by atoms with van der Waals surface area (Å²) >= 11 is 0. The lowest BCUT2D eigenvalue weighted by Crippen LogP contribution is -2.50. The summed E-state index contributed by atoms with van der Waals surface area (Å²) in [6.45, 7) is 17.7. The molecule has 1 amide bonds. The lowest BCUT2D eigenvalue weighted by atomic mass is 9.80. The zero-order chi connectivity index (χ0) is 43.5. The van der Waals surface area contributed by atoms with E-state index in [1.165, 1.54) is 6.33 Å². The molecule has 3 heterocycles. The Balaban J connectivity index is 1.37. The van der Waals surface area contributed by atoms with Gasteiger partial charge in [0, 0.05) is 8.07 Å². The van der Waals surface area contributed by atoms with Crippen LogP contribution in [0.3, 0.4) is 0 Å². The number of hydrogen-bond donors (Lipinski definition) is 3. The largest absolute Gasteiger partial charge is 0.497 e. The minimum atomic E-state index is -2.51. The number of nitrogens with two attached hydrogens (primary N) is 1. The van der Waals surface area contributed by atoms with Crippen LogP contribution >= 0.6 is 0 Å². The van der Waals surface area contributed by atoms with Crippen molar-refractivity contribution >= 4 is 39.5 Å². The van der Waals surface area contributed by atoms with E-state index in [-0.39, 0.29) is 29.8 Å². The molecule has 2 aromatic heterocycles. The van der Waals surface area contributed by atoms with Crippen LogP contribution in [0.25, 0.3) is 11.2 Å². The zero-order valence-corrected chi connectivity index (χ0v) is 38.4. The summed E-state index contributed by atoms with van der Waals surface area (Å²) in [6, 6.07) is 26.5. The van der Waals surface area contributed by atoms with Gasteiger partial charge in [-0.3, -0.25) is 4.57 Å². The number of alkyl carbamates (subject to hydrolysis) is 1. The number of aliphatic hydroxyl groups excluding tert-OH is 1. The van der Waals surface area contributed by atoms with Crippen molar-refractivity contribution < 1.29 is 38.0 Å². The van der Waals surface area contributed by atoms with Gasteiger partial charge in [0.1, 0.15) is 40.9 Å². The fourth-order valence-electron chi connectivity index (χ4n) is 6.93. The van der Waals surface area contributed by atoms with Crippen LogP contribution in [0, 0.1) is 0 Å². The lowest BCUT2D eigenvalue weighted by Gasteiger charge is -2.41. The van der Waals surface area contributed by atoms with E-state index in [0.717, 1.165) is 22.7 Å². The van der Waals surface area contributed by atoms with Crippen molar-refractivity contribution in [1.29, 1.82) is 0 Å². The quantitative estimate of drug-likeness (QED) is 0.0655. The number of anilines is 1. The molecule has 0 unspecified atom stereocenters. The maximum atomic E-state index is 12.5. The van der Waals surface area contributed by atoms with E-state index < -0.39 is 52.6 Å². The highest BCUT2D eigenvalue weighted by molar-refractivity contribution is 6.76. The molecule has 0 saturated carbocycles. The number of nitrogens with one attached hydrogen (secondary N) is 1. The van der Waals surface area contributed by atoms with Gasteiger partial charge in [-0.05, 0) is 65.1 Å². The molecule has 5 aromatic rings. The molecule has 16 heteroatoms. The van der Waals surface area contributed by atoms with Crippen molar-refractivity contribution in [2.24, 2.45) is 0 Å². The van der Waals surface area contributed by atoms with E-state index in [0.29, 0.717) is 29.3 Å². The van der Waals surface area contributed by atoms with Crippen LogP contribution in [-0.4, -0.2) is 92.9 Å². The van der Waals surface area contributed by atoms with Gasteiger partial charge in [-0.1, -0.05) is 95.0 Å². The van der Waals surface area contributed by atoms with Crippen LogP contribution in [0.15, 0.2) is 85.2 Å². The van der Waals surface area contributed by atoms with Crippen molar-refractivity contribution in [3.8, 4) is 11.5 Å². The molecule has 1 aliphatic rings. The lowest BCUT2D eigenvalue weighted by molar-refractivity contribution is -0.0930. The summed E-state index contributed by atoms with van der Waals surface area (Å²) in [5.41, 5.74) is 8.50. The average Bonchev–Trinajstić information content (AvgIpc) is 3.77. The van der Waals surface area contributed by atoms with Crippen molar-refractivity contribution in [1.82, 2.24) is 24.8 Å². The van der Waals surface area contributed by atoms with Crippen LogP contribution in [0.1, 0.15) is 49.5 Å². The van der Waals surface area contributed by atoms with Crippen molar-refractivity contribution in [2.45, 2.75) is 101 Å². The number of aromatic nitrogens is 4. The number of imidazole rings is 1. The predicted molar refractivity (Wildman–Crippen MR) is 236 cm³/mol. The first-order chi connectivity index (χ1) is 28.4. The number of aliphatic hydroxyl groups is 1. The highest BCUT2D eigenvalue weighted by Crippen LogP contribution is 2.45. The summed E-state index contributed by atoms with van der Waals surface area (Å²) in [5, 5.41) is 14.9. The summed E-state index contributed by atoms with van der Waals surface area (Å²) in [5.74, 6) is 1.78. The molecule has 60 heavy (non-hydrogen) atoms. The Morgan fingerprint density at radius 2 is 1.47 bits per heavy atom. The number of benzene rings is 3. The van der Waals surface area contributed by atoms with Crippen LogP contribution in [0.4, 0.5) is 10.6 Å². The Morgan fingerprint density at radius 3 is 2.02 bits per heavy atom. The molecular formula is C44H60N6O8Si2. The van der Waals surface area contributed by atoms with E-state index in [9.17, 15) is 9.90 Å². The van der Waals surface area contributed by atoms with E-state index >= 15 is 0 Å². The van der Waals surface area contributed by atoms with E-state index in [4.69, 9.17) is 38.8 Å². The van der Waals surface area contributed by atoms with Gasteiger partial charge in [-0.25, -0.2) is 19.7 Å². The van der Waals surface area contributed by atoms with Gasteiger partial charge in [0.2, 0.25) is 0 Å². The van der Waals surface area contributed by atoms with Gasteiger partial charge in [0.05, 0.1) is 40.3 Å². The molecule has 4 atom stereocenters. The van der Waals surface area contributed by atoms with E-state index in [1.807, 2.05) is 78.9 Å². The third-order valence-corrected chi connectivity index (χ3v) is 17.6. The van der Waals surface area contributed by atoms with E-state index in [1.54, 1.807) is 18.8 Å². The summed E-state index contributed by atoms with van der Waals surface area (Å²) in [6.07, 6.45) is -2.77. The molecule has 14 nitrogen and oxygen atoms in total. The van der Waals surface area contributed by atoms with Crippen molar-refractivity contribution in [3.05, 3.63) is 108 Å². The van der Waals surface area contributed by atoms with Gasteiger partial charge in [-0.2, -0.15) is 0 Å².